The number of hydrogen-bond acceptors (Lipinski definition) is 2. The molecule has 0 aliphatic carbocycles. The van der Waals surface area contributed by atoms with E-state index in [1.165, 1.54) is 11.1 Å². The quantitative estimate of drug-likeness (QED) is 0.777. The molecule has 0 amide bonds. The van der Waals surface area contributed by atoms with Crippen LogP contribution >= 0.6 is 0 Å². The zero-order chi connectivity index (χ0) is 14.9. The zero-order valence-electron chi connectivity index (χ0n) is 13.0. The van der Waals surface area contributed by atoms with Gasteiger partial charge in [0, 0.05) is 6.04 Å². The monoisotopic (exact) mass is 283 g/mol. The van der Waals surface area contributed by atoms with E-state index in [4.69, 9.17) is 4.74 Å². The molecule has 0 fully saturated rings. The molecule has 2 rings (SSSR count). The number of rotatable bonds is 8. The summed E-state index contributed by atoms with van der Waals surface area (Å²) in [6, 6.07) is 19.5. The molecule has 1 N–H and O–H groups in total. The van der Waals surface area contributed by atoms with Gasteiger partial charge in [0.1, 0.15) is 5.75 Å². The van der Waals surface area contributed by atoms with Crippen LogP contribution in [-0.4, -0.2) is 13.7 Å². The highest BCUT2D eigenvalue weighted by Crippen LogP contribution is 2.22. The second-order valence-corrected chi connectivity index (χ2v) is 5.30. The van der Waals surface area contributed by atoms with Crippen molar-refractivity contribution in [1.82, 2.24) is 5.32 Å². The molecule has 0 saturated carbocycles. The Balaban J connectivity index is 2.02. The molecular formula is C19H25NO. The summed E-state index contributed by atoms with van der Waals surface area (Å²) in [5.41, 5.74) is 2.73. The highest BCUT2D eigenvalue weighted by atomic mass is 16.5. The predicted octanol–water partition coefficient (Wildman–Crippen LogP) is 4.37. The number of benzene rings is 2. The van der Waals surface area contributed by atoms with E-state index in [9.17, 15) is 0 Å². The third kappa shape index (κ3) is 4.91. The SMILES string of the molecule is CCCNC(CCc1ccccc1)c1ccc(OC)cc1. The minimum absolute atomic E-state index is 0.399. The molecule has 2 heteroatoms. The summed E-state index contributed by atoms with van der Waals surface area (Å²) >= 11 is 0. The van der Waals surface area contributed by atoms with Gasteiger partial charge in [-0.1, -0.05) is 49.4 Å². The summed E-state index contributed by atoms with van der Waals surface area (Å²) in [4.78, 5) is 0. The van der Waals surface area contributed by atoms with E-state index in [1.54, 1.807) is 7.11 Å². The molecule has 0 aliphatic rings. The zero-order valence-corrected chi connectivity index (χ0v) is 13.0. The number of hydrogen-bond donors (Lipinski definition) is 1. The van der Waals surface area contributed by atoms with Crippen LogP contribution in [0.5, 0.6) is 5.75 Å². The van der Waals surface area contributed by atoms with Gasteiger partial charge in [0.25, 0.3) is 0 Å². The fourth-order valence-electron chi connectivity index (χ4n) is 2.50. The largest absolute Gasteiger partial charge is 0.497 e. The lowest BCUT2D eigenvalue weighted by Crippen LogP contribution is -2.22. The molecule has 1 unspecified atom stereocenters. The van der Waals surface area contributed by atoms with E-state index in [0.717, 1.165) is 31.6 Å². The number of aryl methyl sites for hydroxylation is 1. The minimum Gasteiger partial charge on any atom is -0.497 e. The maximum absolute atomic E-state index is 5.24. The van der Waals surface area contributed by atoms with Crippen LogP contribution in [0, 0.1) is 0 Å². The fraction of sp³-hybridized carbons (Fsp3) is 0.368. The van der Waals surface area contributed by atoms with Gasteiger partial charge in [0.2, 0.25) is 0 Å². The standard InChI is InChI=1S/C19H25NO/c1-3-15-20-19(14-9-16-7-5-4-6-8-16)17-10-12-18(21-2)13-11-17/h4-8,10-13,19-20H,3,9,14-15H2,1-2H3. The topological polar surface area (TPSA) is 21.3 Å². The van der Waals surface area contributed by atoms with E-state index in [0.29, 0.717) is 6.04 Å². The van der Waals surface area contributed by atoms with Crippen LogP contribution in [-0.2, 0) is 6.42 Å². The Bertz CT molecular complexity index is 507. The summed E-state index contributed by atoms with van der Waals surface area (Å²) in [5, 5.41) is 3.65. The summed E-state index contributed by atoms with van der Waals surface area (Å²) in [6.45, 7) is 3.25. The number of ether oxygens (including phenoxy) is 1. The average molecular weight is 283 g/mol. The van der Waals surface area contributed by atoms with E-state index in [2.05, 4.69) is 54.7 Å². The normalized spacial score (nSPS) is 12.1. The molecule has 2 nitrogen and oxygen atoms in total. The van der Waals surface area contributed by atoms with Gasteiger partial charge in [0.05, 0.1) is 7.11 Å². The fourth-order valence-corrected chi connectivity index (χ4v) is 2.50. The Morgan fingerprint density at radius 3 is 2.33 bits per heavy atom. The van der Waals surface area contributed by atoms with Crippen LogP contribution in [0.25, 0.3) is 0 Å². The van der Waals surface area contributed by atoms with Crippen molar-refractivity contribution in [1.29, 1.82) is 0 Å². The number of methoxy groups -OCH3 is 1. The van der Waals surface area contributed by atoms with E-state index in [1.807, 2.05) is 12.1 Å². The molecule has 21 heavy (non-hydrogen) atoms. The van der Waals surface area contributed by atoms with Gasteiger partial charge in [-0.15, -0.1) is 0 Å². The second-order valence-electron chi connectivity index (χ2n) is 5.30. The molecule has 0 bridgehead atoms. The van der Waals surface area contributed by atoms with Crippen molar-refractivity contribution in [2.75, 3.05) is 13.7 Å². The number of nitrogens with one attached hydrogen (secondary N) is 1. The Morgan fingerprint density at radius 2 is 1.71 bits per heavy atom. The third-order valence-corrected chi connectivity index (χ3v) is 3.72. The Hall–Kier alpha value is -1.80. The second kappa shape index (κ2) is 8.48. The van der Waals surface area contributed by atoms with Crippen LogP contribution in [0.15, 0.2) is 54.6 Å². The third-order valence-electron chi connectivity index (χ3n) is 3.72. The van der Waals surface area contributed by atoms with Crippen molar-refractivity contribution in [2.24, 2.45) is 0 Å². The minimum atomic E-state index is 0.399. The lowest BCUT2D eigenvalue weighted by Gasteiger charge is -2.19. The van der Waals surface area contributed by atoms with Gasteiger partial charge in [0.15, 0.2) is 0 Å². The summed E-state index contributed by atoms with van der Waals surface area (Å²) in [7, 11) is 1.71. The first-order valence-electron chi connectivity index (χ1n) is 7.74. The van der Waals surface area contributed by atoms with Gasteiger partial charge >= 0.3 is 0 Å². The van der Waals surface area contributed by atoms with Crippen molar-refractivity contribution >= 4 is 0 Å². The van der Waals surface area contributed by atoms with Crippen molar-refractivity contribution in [3.8, 4) is 5.75 Å². The smallest absolute Gasteiger partial charge is 0.118 e. The summed E-state index contributed by atoms with van der Waals surface area (Å²) < 4.78 is 5.24. The molecule has 2 aromatic rings. The van der Waals surface area contributed by atoms with E-state index in [-0.39, 0.29) is 0 Å². The molecule has 0 spiro atoms. The molecule has 0 heterocycles. The van der Waals surface area contributed by atoms with Gasteiger partial charge in [-0.25, -0.2) is 0 Å². The van der Waals surface area contributed by atoms with Crippen LogP contribution in [0.4, 0.5) is 0 Å². The van der Waals surface area contributed by atoms with Crippen molar-refractivity contribution in [3.05, 3.63) is 65.7 Å². The molecule has 0 aromatic heterocycles. The van der Waals surface area contributed by atoms with Gasteiger partial charge in [-0.05, 0) is 49.1 Å². The Morgan fingerprint density at radius 1 is 1.00 bits per heavy atom. The van der Waals surface area contributed by atoms with Gasteiger partial charge in [-0.3, -0.25) is 0 Å². The molecular weight excluding hydrogens is 258 g/mol. The Labute approximate surface area is 128 Å². The maximum atomic E-state index is 5.24. The van der Waals surface area contributed by atoms with Crippen molar-refractivity contribution in [2.45, 2.75) is 32.2 Å². The highest BCUT2D eigenvalue weighted by Gasteiger charge is 2.10. The van der Waals surface area contributed by atoms with Gasteiger partial charge in [-0.2, -0.15) is 0 Å². The molecule has 1 atom stereocenters. The highest BCUT2D eigenvalue weighted by molar-refractivity contribution is 5.29. The average Bonchev–Trinajstić information content (AvgIpc) is 2.56. The molecule has 112 valence electrons. The molecule has 2 aromatic carbocycles. The first kappa shape index (κ1) is 15.6. The molecule has 0 aliphatic heterocycles. The van der Waals surface area contributed by atoms with E-state index >= 15 is 0 Å². The molecule has 0 saturated heterocycles. The first-order chi connectivity index (χ1) is 10.3. The van der Waals surface area contributed by atoms with Crippen LogP contribution in [0.2, 0.25) is 0 Å². The van der Waals surface area contributed by atoms with E-state index < -0.39 is 0 Å². The van der Waals surface area contributed by atoms with Crippen molar-refractivity contribution in [3.63, 3.8) is 0 Å². The maximum Gasteiger partial charge on any atom is 0.118 e. The van der Waals surface area contributed by atoms with Gasteiger partial charge < -0.3 is 10.1 Å². The predicted molar refractivity (Wildman–Crippen MR) is 88.8 cm³/mol. The first-order valence-corrected chi connectivity index (χ1v) is 7.74. The van der Waals surface area contributed by atoms with Crippen molar-refractivity contribution < 1.29 is 4.74 Å². The summed E-state index contributed by atoms with van der Waals surface area (Å²) in [5.74, 6) is 0.913. The lowest BCUT2D eigenvalue weighted by molar-refractivity contribution is 0.414. The van der Waals surface area contributed by atoms with Crippen LogP contribution in [0.3, 0.4) is 0 Å². The lowest BCUT2D eigenvalue weighted by atomic mass is 9.98. The Kier molecular flexibility index (Phi) is 6.29. The molecule has 0 radical (unpaired) electrons. The van der Waals surface area contributed by atoms with Crippen LogP contribution < -0.4 is 10.1 Å². The summed E-state index contributed by atoms with van der Waals surface area (Å²) in [6.07, 6.45) is 3.35. The van der Waals surface area contributed by atoms with Crippen LogP contribution in [0.1, 0.15) is 36.9 Å².